The molecule has 1 heterocycles. The lowest BCUT2D eigenvalue weighted by Gasteiger charge is -2.28. The molecular formula is C12H22N2O. The van der Waals surface area contributed by atoms with Gasteiger partial charge in [0.05, 0.1) is 5.92 Å². The summed E-state index contributed by atoms with van der Waals surface area (Å²) < 4.78 is 0. The molecule has 0 aromatic carbocycles. The van der Waals surface area contributed by atoms with E-state index in [1.165, 1.54) is 19.3 Å². The Bertz CT molecular complexity index is 226. The largest absolute Gasteiger partial charge is 0.356 e. The van der Waals surface area contributed by atoms with Crippen molar-refractivity contribution in [1.29, 1.82) is 0 Å². The topological polar surface area (TPSA) is 41.1 Å². The van der Waals surface area contributed by atoms with E-state index in [0.29, 0.717) is 6.04 Å². The summed E-state index contributed by atoms with van der Waals surface area (Å²) >= 11 is 0. The monoisotopic (exact) mass is 210 g/mol. The molecule has 3 nitrogen and oxygen atoms in total. The number of carbonyl (C=O) groups is 1. The van der Waals surface area contributed by atoms with Gasteiger partial charge in [0.25, 0.3) is 0 Å². The fourth-order valence-electron chi connectivity index (χ4n) is 2.34. The van der Waals surface area contributed by atoms with Crippen molar-refractivity contribution in [3.05, 3.63) is 0 Å². The maximum atomic E-state index is 11.9. The van der Waals surface area contributed by atoms with Crippen molar-refractivity contribution in [3.8, 4) is 0 Å². The molecule has 1 aliphatic carbocycles. The Balaban J connectivity index is 1.68. The summed E-state index contributed by atoms with van der Waals surface area (Å²) in [5.74, 6) is 1.36. The standard InChI is InChI=1S/C12H22N2O/c1-9-11(3-2-7-13-9)12(15)14-8-6-10-4-5-10/h9-11,13H,2-8H2,1H3,(H,14,15)/t9-,11-/m1/s1. The van der Waals surface area contributed by atoms with Crippen LogP contribution in [0.3, 0.4) is 0 Å². The SMILES string of the molecule is C[C@H]1NCCC[C@H]1C(=O)NCCC1CC1. The average molecular weight is 210 g/mol. The molecule has 15 heavy (non-hydrogen) atoms. The first-order chi connectivity index (χ1) is 7.27. The molecule has 2 atom stereocenters. The third-order valence-corrected chi connectivity index (χ3v) is 3.65. The maximum Gasteiger partial charge on any atom is 0.224 e. The maximum absolute atomic E-state index is 11.9. The predicted molar refractivity (Wildman–Crippen MR) is 60.5 cm³/mol. The summed E-state index contributed by atoms with van der Waals surface area (Å²) in [6.07, 6.45) is 6.10. The van der Waals surface area contributed by atoms with Crippen molar-refractivity contribution in [2.75, 3.05) is 13.1 Å². The van der Waals surface area contributed by atoms with Gasteiger partial charge in [-0.2, -0.15) is 0 Å². The lowest BCUT2D eigenvalue weighted by molar-refractivity contribution is -0.126. The Hall–Kier alpha value is -0.570. The van der Waals surface area contributed by atoms with Crippen molar-refractivity contribution in [3.63, 3.8) is 0 Å². The van der Waals surface area contributed by atoms with Crippen LogP contribution in [-0.2, 0) is 4.79 Å². The minimum Gasteiger partial charge on any atom is -0.356 e. The van der Waals surface area contributed by atoms with Gasteiger partial charge >= 0.3 is 0 Å². The van der Waals surface area contributed by atoms with Crippen LogP contribution in [0.1, 0.15) is 39.0 Å². The normalized spacial score (nSPS) is 31.3. The van der Waals surface area contributed by atoms with Crippen LogP contribution >= 0.6 is 0 Å². The van der Waals surface area contributed by atoms with E-state index in [1.54, 1.807) is 0 Å². The van der Waals surface area contributed by atoms with Gasteiger partial charge in [0.1, 0.15) is 0 Å². The van der Waals surface area contributed by atoms with Crippen molar-refractivity contribution < 1.29 is 4.79 Å². The molecule has 0 aromatic rings. The summed E-state index contributed by atoms with van der Waals surface area (Å²) in [6, 6.07) is 0.347. The molecule has 0 spiro atoms. The highest BCUT2D eigenvalue weighted by Crippen LogP contribution is 2.31. The van der Waals surface area contributed by atoms with E-state index in [2.05, 4.69) is 17.6 Å². The summed E-state index contributed by atoms with van der Waals surface area (Å²) in [7, 11) is 0. The summed E-state index contributed by atoms with van der Waals surface area (Å²) in [6.45, 7) is 4.06. The smallest absolute Gasteiger partial charge is 0.224 e. The number of amides is 1. The van der Waals surface area contributed by atoms with Gasteiger partial charge < -0.3 is 10.6 Å². The van der Waals surface area contributed by atoms with Crippen molar-refractivity contribution >= 4 is 5.91 Å². The van der Waals surface area contributed by atoms with Gasteiger partial charge in [0.2, 0.25) is 5.91 Å². The summed E-state index contributed by atoms with van der Waals surface area (Å²) in [5.41, 5.74) is 0. The van der Waals surface area contributed by atoms with Crippen LogP contribution < -0.4 is 10.6 Å². The van der Waals surface area contributed by atoms with Gasteiger partial charge in [-0.1, -0.05) is 12.8 Å². The average Bonchev–Trinajstić information content (AvgIpc) is 3.02. The highest BCUT2D eigenvalue weighted by atomic mass is 16.1. The van der Waals surface area contributed by atoms with E-state index in [-0.39, 0.29) is 11.8 Å². The van der Waals surface area contributed by atoms with Gasteiger partial charge in [-0.05, 0) is 38.6 Å². The van der Waals surface area contributed by atoms with E-state index < -0.39 is 0 Å². The number of carbonyl (C=O) groups excluding carboxylic acids is 1. The molecule has 0 aromatic heterocycles. The molecule has 86 valence electrons. The van der Waals surface area contributed by atoms with E-state index in [1.807, 2.05) is 0 Å². The summed E-state index contributed by atoms with van der Waals surface area (Å²) in [5, 5.41) is 6.44. The minimum absolute atomic E-state index is 0.193. The number of rotatable bonds is 4. The van der Waals surface area contributed by atoms with Crippen molar-refractivity contribution in [1.82, 2.24) is 10.6 Å². The van der Waals surface area contributed by atoms with Gasteiger partial charge in [-0.15, -0.1) is 0 Å². The van der Waals surface area contributed by atoms with Crippen LogP contribution in [0.15, 0.2) is 0 Å². The molecule has 1 amide bonds. The first kappa shape index (κ1) is 10.9. The molecule has 2 rings (SSSR count). The molecule has 0 unspecified atom stereocenters. The third kappa shape index (κ3) is 3.20. The van der Waals surface area contributed by atoms with Crippen LogP contribution in [0, 0.1) is 11.8 Å². The van der Waals surface area contributed by atoms with Gasteiger partial charge in [-0.3, -0.25) is 4.79 Å². The molecule has 1 aliphatic heterocycles. The van der Waals surface area contributed by atoms with Gasteiger partial charge in [0, 0.05) is 12.6 Å². The zero-order valence-corrected chi connectivity index (χ0v) is 9.59. The van der Waals surface area contributed by atoms with Gasteiger partial charge in [-0.25, -0.2) is 0 Å². The van der Waals surface area contributed by atoms with Crippen LogP contribution in [0.4, 0.5) is 0 Å². The fraction of sp³-hybridized carbons (Fsp3) is 0.917. The second-order valence-electron chi connectivity index (χ2n) is 5.01. The zero-order chi connectivity index (χ0) is 10.7. The first-order valence-corrected chi connectivity index (χ1v) is 6.28. The molecule has 1 saturated heterocycles. The van der Waals surface area contributed by atoms with Crippen LogP contribution in [-0.4, -0.2) is 25.0 Å². The molecule has 2 fully saturated rings. The highest BCUT2D eigenvalue weighted by Gasteiger charge is 2.27. The molecule has 2 N–H and O–H groups in total. The van der Waals surface area contributed by atoms with Crippen molar-refractivity contribution in [2.45, 2.75) is 45.1 Å². The summed E-state index contributed by atoms with van der Waals surface area (Å²) in [4.78, 5) is 11.9. The molecule has 3 heteroatoms. The van der Waals surface area contributed by atoms with E-state index in [9.17, 15) is 4.79 Å². The number of piperidine rings is 1. The predicted octanol–water partition coefficient (Wildman–Crippen LogP) is 1.29. The molecule has 0 radical (unpaired) electrons. The quantitative estimate of drug-likeness (QED) is 0.734. The third-order valence-electron chi connectivity index (χ3n) is 3.65. The number of nitrogens with one attached hydrogen (secondary N) is 2. The Kier molecular flexibility index (Phi) is 3.62. The second-order valence-corrected chi connectivity index (χ2v) is 5.01. The van der Waals surface area contributed by atoms with E-state index in [4.69, 9.17) is 0 Å². The van der Waals surface area contributed by atoms with Crippen molar-refractivity contribution in [2.24, 2.45) is 11.8 Å². The molecular weight excluding hydrogens is 188 g/mol. The van der Waals surface area contributed by atoms with Crippen LogP contribution in [0.25, 0.3) is 0 Å². The lowest BCUT2D eigenvalue weighted by atomic mass is 9.91. The zero-order valence-electron chi connectivity index (χ0n) is 9.59. The van der Waals surface area contributed by atoms with Crippen LogP contribution in [0.2, 0.25) is 0 Å². The Labute approximate surface area is 92.0 Å². The Morgan fingerprint density at radius 1 is 1.40 bits per heavy atom. The fourth-order valence-corrected chi connectivity index (χ4v) is 2.34. The molecule has 2 aliphatic rings. The lowest BCUT2D eigenvalue weighted by Crippen LogP contribution is -2.46. The minimum atomic E-state index is 0.193. The molecule has 0 bridgehead atoms. The highest BCUT2D eigenvalue weighted by molar-refractivity contribution is 5.79. The van der Waals surface area contributed by atoms with E-state index >= 15 is 0 Å². The number of hydrogen-bond acceptors (Lipinski definition) is 2. The number of hydrogen-bond donors (Lipinski definition) is 2. The van der Waals surface area contributed by atoms with Gasteiger partial charge in [0.15, 0.2) is 0 Å². The Morgan fingerprint density at radius 3 is 2.87 bits per heavy atom. The Morgan fingerprint density at radius 2 is 2.20 bits per heavy atom. The first-order valence-electron chi connectivity index (χ1n) is 6.28. The second kappa shape index (κ2) is 4.97. The van der Waals surface area contributed by atoms with E-state index in [0.717, 1.165) is 31.8 Å². The molecule has 1 saturated carbocycles. The van der Waals surface area contributed by atoms with Crippen LogP contribution in [0.5, 0.6) is 0 Å².